The highest BCUT2D eigenvalue weighted by molar-refractivity contribution is 5.94. The Hall–Kier alpha value is -1.54. The summed E-state index contributed by atoms with van der Waals surface area (Å²) in [6, 6.07) is 0.787. The Balaban J connectivity index is 0.000000235. The molecule has 1 fully saturated rings. The van der Waals surface area contributed by atoms with Crippen molar-refractivity contribution >= 4 is 5.91 Å². The Kier molecular flexibility index (Phi) is 6.22. The maximum Gasteiger partial charge on any atom is 0.484 e. The first-order valence-electron chi connectivity index (χ1n) is 6.60. The molecule has 0 radical (unpaired) electrons. The van der Waals surface area contributed by atoms with Crippen LogP contribution in [0.4, 0.5) is 13.2 Å². The molecule has 2 heterocycles. The van der Waals surface area contributed by atoms with Gasteiger partial charge in [0, 0.05) is 25.3 Å². The number of nitrogens with one attached hydrogen (secondary N) is 1. The van der Waals surface area contributed by atoms with Crippen molar-refractivity contribution in [3.8, 4) is 0 Å². The summed E-state index contributed by atoms with van der Waals surface area (Å²) in [6.07, 6.45) is 0.0406. The molecular weight excluding hydrogens is 285 g/mol. The molecule has 0 aromatic carbocycles. The van der Waals surface area contributed by atoms with Gasteiger partial charge in [-0.15, -0.1) is 0 Å². The van der Waals surface area contributed by atoms with Crippen molar-refractivity contribution in [2.24, 2.45) is 5.73 Å². The first-order chi connectivity index (χ1) is 9.71. The van der Waals surface area contributed by atoms with Crippen molar-refractivity contribution in [1.29, 1.82) is 0 Å². The van der Waals surface area contributed by atoms with E-state index in [1.165, 1.54) is 31.7 Å². The Bertz CT molecular complexity index is 412. The summed E-state index contributed by atoms with van der Waals surface area (Å²) in [4.78, 5) is 12.9. The topological polar surface area (TPSA) is 61.6 Å². The summed E-state index contributed by atoms with van der Waals surface area (Å²) < 4.78 is 36.2. The first-order valence-corrected chi connectivity index (χ1v) is 6.60. The van der Waals surface area contributed by atoms with E-state index in [1.807, 2.05) is 0 Å². The van der Waals surface area contributed by atoms with Crippen molar-refractivity contribution in [3.05, 3.63) is 23.9 Å². The van der Waals surface area contributed by atoms with E-state index in [1.54, 1.807) is 0 Å². The number of hydrogen-bond donors (Lipinski definition) is 2. The van der Waals surface area contributed by atoms with Gasteiger partial charge in [0.2, 0.25) is 5.91 Å². The lowest BCUT2D eigenvalue weighted by Crippen LogP contribution is -2.36. The molecule has 2 rings (SSSR count). The molecule has 0 aromatic rings. The molecule has 5 nitrogen and oxygen atoms in total. The second kappa shape index (κ2) is 7.46. The van der Waals surface area contributed by atoms with Crippen LogP contribution in [0.1, 0.15) is 6.42 Å². The molecule has 0 aromatic heterocycles. The molecule has 0 saturated carbocycles. The van der Waals surface area contributed by atoms with Crippen LogP contribution in [0.3, 0.4) is 0 Å². The molecule has 1 saturated heterocycles. The third kappa shape index (κ3) is 5.76. The first kappa shape index (κ1) is 17.5. The number of rotatable bonds is 2. The fourth-order valence-corrected chi connectivity index (χ4v) is 1.96. The van der Waals surface area contributed by atoms with Gasteiger partial charge in [0.1, 0.15) is 0 Å². The van der Waals surface area contributed by atoms with E-state index in [-0.39, 0.29) is 17.0 Å². The quantitative estimate of drug-likeness (QED) is 0.736. The lowest BCUT2D eigenvalue weighted by atomic mass is 10.2. The normalized spacial score (nSPS) is 21.9. The van der Waals surface area contributed by atoms with Gasteiger partial charge in [-0.25, -0.2) is 0 Å². The van der Waals surface area contributed by atoms with Crippen molar-refractivity contribution in [2.45, 2.75) is 18.8 Å². The van der Waals surface area contributed by atoms with Gasteiger partial charge in [-0.3, -0.25) is 9.69 Å². The minimum absolute atomic E-state index is 0.0904. The zero-order valence-electron chi connectivity index (χ0n) is 12.2. The van der Waals surface area contributed by atoms with Crippen LogP contribution in [-0.4, -0.2) is 61.8 Å². The molecule has 21 heavy (non-hydrogen) atoms. The number of carbonyl (C=O) groups is 1. The van der Waals surface area contributed by atoms with Crippen LogP contribution < -0.4 is 11.1 Å². The summed E-state index contributed by atoms with van der Waals surface area (Å²) in [7, 11) is 4.27. The number of carbonyl (C=O) groups excluding carboxylic acids is 1. The Morgan fingerprint density at radius 1 is 1.48 bits per heavy atom. The highest BCUT2D eigenvalue weighted by atomic mass is 19.4. The summed E-state index contributed by atoms with van der Waals surface area (Å²) >= 11 is 0. The Morgan fingerprint density at radius 2 is 2.14 bits per heavy atom. The minimum Gasteiger partial charge on any atom is -0.366 e. The fraction of sp³-hybridized carbons (Fsp3) is 0.615. The van der Waals surface area contributed by atoms with Crippen LogP contribution in [-0.2, 0) is 4.79 Å². The lowest BCUT2D eigenvalue weighted by Gasteiger charge is -2.24. The number of halogens is 3. The van der Waals surface area contributed by atoms with E-state index in [4.69, 9.17) is 5.73 Å². The van der Waals surface area contributed by atoms with E-state index in [0.29, 0.717) is 6.20 Å². The third-order valence-electron chi connectivity index (χ3n) is 3.27. The van der Waals surface area contributed by atoms with Crippen molar-refractivity contribution in [3.63, 3.8) is 0 Å². The molecule has 1 amide bonds. The van der Waals surface area contributed by atoms with E-state index < -0.39 is 12.2 Å². The maximum atomic E-state index is 12.1. The van der Waals surface area contributed by atoms with Crippen LogP contribution in [0.5, 0.6) is 0 Å². The van der Waals surface area contributed by atoms with Crippen LogP contribution in [0.2, 0.25) is 0 Å². The van der Waals surface area contributed by atoms with E-state index in [0.717, 1.165) is 6.04 Å². The monoisotopic (exact) mass is 306 g/mol. The molecule has 2 aliphatic rings. The zero-order valence-corrected chi connectivity index (χ0v) is 12.2. The van der Waals surface area contributed by atoms with Crippen LogP contribution >= 0.6 is 0 Å². The number of likely N-dealkylation sites (N-methyl/N-ethyl adjacent to an activating group) is 1. The largest absolute Gasteiger partial charge is 0.484 e. The molecule has 1 unspecified atom stereocenters. The zero-order chi connectivity index (χ0) is 16.0. The molecule has 120 valence electrons. The number of nitrogens with zero attached hydrogens (tertiary/aromatic N) is 2. The van der Waals surface area contributed by atoms with Crippen LogP contribution in [0, 0.1) is 0 Å². The number of nitrogens with two attached hydrogens (primary N) is 1. The van der Waals surface area contributed by atoms with Crippen molar-refractivity contribution in [2.75, 3.05) is 33.7 Å². The highest BCUT2D eigenvalue weighted by Crippen LogP contribution is 2.24. The average molecular weight is 306 g/mol. The smallest absolute Gasteiger partial charge is 0.366 e. The van der Waals surface area contributed by atoms with Gasteiger partial charge in [0.25, 0.3) is 0 Å². The maximum absolute atomic E-state index is 12.1. The lowest BCUT2D eigenvalue weighted by molar-refractivity contribution is -0.224. The number of hydrogen-bond acceptors (Lipinski definition) is 4. The Labute approximate surface area is 122 Å². The predicted molar refractivity (Wildman–Crippen MR) is 74.1 cm³/mol. The minimum atomic E-state index is -4.47. The van der Waals surface area contributed by atoms with E-state index >= 15 is 0 Å². The molecule has 2 aliphatic heterocycles. The number of amides is 1. The van der Waals surface area contributed by atoms with Crippen molar-refractivity contribution in [1.82, 2.24) is 15.1 Å². The summed E-state index contributed by atoms with van der Waals surface area (Å²) in [5, 5.41) is 3.31. The molecular formula is C13H21F3N4O. The van der Waals surface area contributed by atoms with Crippen LogP contribution in [0.25, 0.3) is 0 Å². The summed E-state index contributed by atoms with van der Waals surface area (Å²) in [6.45, 7) is 2.08. The molecule has 0 spiro atoms. The fourth-order valence-electron chi connectivity index (χ4n) is 1.96. The van der Waals surface area contributed by atoms with Gasteiger partial charge in [-0.2, -0.15) is 13.2 Å². The van der Waals surface area contributed by atoms with Gasteiger partial charge in [0.15, 0.2) is 0 Å². The molecule has 1 atom stereocenters. The summed E-state index contributed by atoms with van der Waals surface area (Å²) in [5.74, 6) is -0.870. The molecule has 0 bridgehead atoms. The third-order valence-corrected chi connectivity index (χ3v) is 3.27. The average Bonchev–Trinajstić information content (AvgIpc) is 2.92. The van der Waals surface area contributed by atoms with E-state index in [2.05, 4.69) is 24.3 Å². The van der Waals surface area contributed by atoms with Gasteiger partial charge in [0.05, 0.1) is 5.57 Å². The second-order valence-electron chi connectivity index (χ2n) is 5.08. The number of alkyl halides is 3. The molecule has 0 aliphatic carbocycles. The van der Waals surface area contributed by atoms with Gasteiger partial charge in [-0.1, -0.05) is 12.2 Å². The Morgan fingerprint density at radius 3 is 2.52 bits per heavy atom. The number of primary amides is 1. The van der Waals surface area contributed by atoms with Gasteiger partial charge in [-0.05, 0) is 27.1 Å². The predicted octanol–water partition coefficient (Wildman–Crippen LogP) is 0.657. The van der Waals surface area contributed by atoms with Crippen molar-refractivity contribution < 1.29 is 18.0 Å². The second-order valence-corrected chi connectivity index (χ2v) is 5.08. The van der Waals surface area contributed by atoms with E-state index in [9.17, 15) is 18.0 Å². The molecule has 8 heteroatoms. The molecule has 3 N–H and O–H groups in total. The van der Waals surface area contributed by atoms with Gasteiger partial charge < -0.3 is 16.0 Å². The van der Waals surface area contributed by atoms with Crippen LogP contribution in [0.15, 0.2) is 23.9 Å². The standard InChI is InChI=1S/C7H7F3N2O.C6H14N2/c8-7(9,10)12-3-1-2-5(4-12)6(11)13;1-8(2)6-3-4-7-5-6/h1-2,4H,3H2,(H2,11,13);6-7H,3-5H2,1-2H3. The highest BCUT2D eigenvalue weighted by Gasteiger charge is 2.35. The summed E-state index contributed by atoms with van der Waals surface area (Å²) in [5.41, 5.74) is 4.67. The SMILES string of the molecule is CN(C)C1CCNC1.NC(=O)C1=CN(C(F)(F)F)CC=C1. The van der Waals surface area contributed by atoms with Gasteiger partial charge >= 0.3 is 6.30 Å².